The van der Waals surface area contributed by atoms with Gasteiger partial charge in [0, 0.05) is 25.6 Å². The van der Waals surface area contributed by atoms with Gasteiger partial charge in [-0.25, -0.2) is 4.98 Å². The number of aromatic nitrogens is 1. The molecule has 0 unspecified atom stereocenters. The summed E-state index contributed by atoms with van der Waals surface area (Å²) in [6.07, 6.45) is 1.22. The monoisotopic (exact) mass is 273 g/mol. The van der Waals surface area contributed by atoms with Crippen molar-refractivity contribution in [1.29, 1.82) is 0 Å². The Hall–Kier alpha value is -1.39. The molecule has 0 saturated carbocycles. The van der Waals surface area contributed by atoms with E-state index in [1.807, 2.05) is 0 Å². The lowest BCUT2D eigenvalue weighted by molar-refractivity contribution is 0.284. The lowest BCUT2D eigenvalue weighted by Gasteiger charge is -2.19. The first kappa shape index (κ1) is 13.6. The minimum Gasteiger partial charge on any atom is -0.440 e. The second kappa shape index (κ2) is 5.94. The molecule has 20 heavy (non-hydrogen) atoms. The molecule has 0 spiro atoms. The second-order valence-corrected chi connectivity index (χ2v) is 5.89. The van der Waals surface area contributed by atoms with Gasteiger partial charge >= 0.3 is 0 Å². The molecule has 2 aromatic rings. The van der Waals surface area contributed by atoms with Crippen LogP contribution in [0.4, 0.5) is 0 Å². The molecule has 1 aliphatic heterocycles. The van der Waals surface area contributed by atoms with E-state index >= 15 is 0 Å². The fourth-order valence-corrected chi connectivity index (χ4v) is 2.65. The van der Waals surface area contributed by atoms with Crippen molar-refractivity contribution >= 4 is 11.1 Å². The van der Waals surface area contributed by atoms with Gasteiger partial charge in [0.15, 0.2) is 11.5 Å². The Balaban J connectivity index is 1.77. The van der Waals surface area contributed by atoms with Crippen molar-refractivity contribution in [3.63, 3.8) is 0 Å². The SMILES string of the molecule is CC(C)c1nc2ccc(CN3CCCNCC3)cc2o1. The summed E-state index contributed by atoms with van der Waals surface area (Å²) in [5, 5.41) is 3.44. The van der Waals surface area contributed by atoms with Crippen LogP contribution in [0.2, 0.25) is 0 Å². The van der Waals surface area contributed by atoms with Crippen LogP contribution in [0.25, 0.3) is 11.1 Å². The quantitative estimate of drug-likeness (QED) is 0.933. The Kier molecular flexibility index (Phi) is 4.03. The summed E-state index contributed by atoms with van der Waals surface area (Å²) >= 11 is 0. The number of benzene rings is 1. The van der Waals surface area contributed by atoms with Gasteiger partial charge < -0.3 is 9.73 Å². The number of fused-ring (bicyclic) bond motifs is 1. The summed E-state index contributed by atoms with van der Waals surface area (Å²) in [5.74, 6) is 1.17. The van der Waals surface area contributed by atoms with Crippen LogP contribution in [0, 0.1) is 0 Å². The Bertz CT molecular complexity index is 568. The zero-order chi connectivity index (χ0) is 13.9. The van der Waals surface area contributed by atoms with Crippen LogP contribution in [0.5, 0.6) is 0 Å². The van der Waals surface area contributed by atoms with Crippen molar-refractivity contribution in [2.45, 2.75) is 32.7 Å². The van der Waals surface area contributed by atoms with Gasteiger partial charge in [-0.3, -0.25) is 4.90 Å². The lowest BCUT2D eigenvalue weighted by atomic mass is 10.2. The molecule has 0 bridgehead atoms. The van der Waals surface area contributed by atoms with Crippen LogP contribution >= 0.6 is 0 Å². The summed E-state index contributed by atoms with van der Waals surface area (Å²) in [6, 6.07) is 6.40. The van der Waals surface area contributed by atoms with Crippen molar-refractivity contribution in [1.82, 2.24) is 15.2 Å². The van der Waals surface area contributed by atoms with Crippen LogP contribution in [-0.4, -0.2) is 36.1 Å². The van der Waals surface area contributed by atoms with Gasteiger partial charge in [-0.1, -0.05) is 19.9 Å². The third-order valence-electron chi connectivity index (χ3n) is 3.80. The molecule has 2 heterocycles. The van der Waals surface area contributed by atoms with E-state index < -0.39 is 0 Å². The number of nitrogens with one attached hydrogen (secondary N) is 1. The fourth-order valence-electron chi connectivity index (χ4n) is 2.65. The maximum absolute atomic E-state index is 5.84. The van der Waals surface area contributed by atoms with E-state index in [-0.39, 0.29) is 0 Å². The van der Waals surface area contributed by atoms with Crippen LogP contribution in [0.3, 0.4) is 0 Å². The number of nitrogens with zero attached hydrogens (tertiary/aromatic N) is 2. The average molecular weight is 273 g/mol. The summed E-state index contributed by atoms with van der Waals surface area (Å²) in [6.45, 7) is 9.71. The van der Waals surface area contributed by atoms with E-state index in [9.17, 15) is 0 Å². The first-order valence-corrected chi connectivity index (χ1v) is 7.55. The molecule has 108 valence electrons. The molecule has 0 atom stereocenters. The summed E-state index contributed by atoms with van der Waals surface area (Å²) < 4.78 is 5.84. The molecule has 4 nitrogen and oxygen atoms in total. The van der Waals surface area contributed by atoms with E-state index in [0.717, 1.165) is 43.2 Å². The lowest BCUT2D eigenvalue weighted by Crippen LogP contribution is -2.27. The molecule has 1 N–H and O–H groups in total. The molecule has 3 rings (SSSR count). The highest BCUT2D eigenvalue weighted by Crippen LogP contribution is 2.22. The van der Waals surface area contributed by atoms with Gasteiger partial charge in [0.1, 0.15) is 5.52 Å². The number of oxazole rings is 1. The fraction of sp³-hybridized carbons (Fsp3) is 0.562. The highest BCUT2D eigenvalue weighted by atomic mass is 16.3. The summed E-state index contributed by atoms with van der Waals surface area (Å²) in [7, 11) is 0. The normalized spacial score (nSPS) is 17.8. The Morgan fingerprint density at radius 3 is 3.05 bits per heavy atom. The van der Waals surface area contributed by atoms with Crippen molar-refractivity contribution < 1.29 is 4.42 Å². The minimum absolute atomic E-state index is 0.336. The van der Waals surface area contributed by atoms with E-state index in [4.69, 9.17) is 4.42 Å². The van der Waals surface area contributed by atoms with Gasteiger partial charge in [0.25, 0.3) is 0 Å². The molecule has 0 amide bonds. The molecule has 1 aromatic carbocycles. The molecular formula is C16H23N3O. The standard InChI is InChI=1S/C16H23N3O/c1-12(2)16-18-14-5-4-13(10-15(14)20-16)11-19-8-3-6-17-7-9-19/h4-5,10,12,17H,3,6-9,11H2,1-2H3. The first-order chi connectivity index (χ1) is 9.72. The molecule has 1 fully saturated rings. The maximum atomic E-state index is 5.84. The minimum atomic E-state index is 0.336. The topological polar surface area (TPSA) is 41.3 Å². The average Bonchev–Trinajstić information content (AvgIpc) is 2.69. The number of rotatable bonds is 3. The zero-order valence-corrected chi connectivity index (χ0v) is 12.4. The summed E-state index contributed by atoms with van der Waals surface area (Å²) in [4.78, 5) is 7.03. The van der Waals surface area contributed by atoms with Gasteiger partial charge in [-0.2, -0.15) is 0 Å². The third-order valence-corrected chi connectivity index (χ3v) is 3.80. The summed E-state index contributed by atoms with van der Waals surface area (Å²) in [5.41, 5.74) is 3.19. The van der Waals surface area contributed by atoms with Gasteiger partial charge in [-0.15, -0.1) is 0 Å². The van der Waals surface area contributed by atoms with Crippen LogP contribution in [-0.2, 0) is 6.54 Å². The molecule has 1 saturated heterocycles. The smallest absolute Gasteiger partial charge is 0.198 e. The molecule has 0 aliphatic carbocycles. The highest BCUT2D eigenvalue weighted by Gasteiger charge is 2.12. The number of hydrogen-bond donors (Lipinski definition) is 1. The van der Waals surface area contributed by atoms with Crippen molar-refractivity contribution in [3.05, 3.63) is 29.7 Å². The first-order valence-electron chi connectivity index (χ1n) is 7.55. The molecule has 1 aliphatic rings. The van der Waals surface area contributed by atoms with Gasteiger partial charge in [0.2, 0.25) is 0 Å². The zero-order valence-electron chi connectivity index (χ0n) is 12.4. The van der Waals surface area contributed by atoms with Gasteiger partial charge in [0.05, 0.1) is 0 Å². The van der Waals surface area contributed by atoms with E-state index in [0.29, 0.717) is 5.92 Å². The van der Waals surface area contributed by atoms with Crippen molar-refractivity contribution in [3.8, 4) is 0 Å². The van der Waals surface area contributed by atoms with Crippen LogP contribution in [0.15, 0.2) is 22.6 Å². The van der Waals surface area contributed by atoms with Crippen LogP contribution in [0.1, 0.15) is 37.6 Å². The van der Waals surface area contributed by atoms with Crippen molar-refractivity contribution in [2.75, 3.05) is 26.2 Å². The highest BCUT2D eigenvalue weighted by molar-refractivity contribution is 5.73. The predicted molar refractivity (Wildman–Crippen MR) is 80.9 cm³/mol. The van der Waals surface area contributed by atoms with E-state index in [2.05, 4.69) is 47.2 Å². The Labute approximate surface area is 120 Å². The van der Waals surface area contributed by atoms with E-state index in [1.165, 1.54) is 18.5 Å². The van der Waals surface area contributed by atoms with Gasteiger partial charge in [-0.05, 0) is 37.2 Å². The predicted octanol–water partition coefficient (Wildman–Crippen LogP) is 2.75. The molecule has 4 heteroatoms. The molecule has 1 aromatic heterocycles. The second-order valence-electron chi connectivity index (χ2n) is 5.89. The Morgan fingerprint density at radius 2 is 2.20 bits per heavy atom. The van der Waals surface area contributed by atoms with E-state index in [1.54, 1.807) is 0 Å². The van der Waals surface area contributed by atoms with Crippen LogP contribution < -0.4 is 5.32 Å². The van der Waals surface area contributed by atoms with Crippen molar-refractivity contribution in [2.24, 2.45) is 0 Å². The third kappa shape index (κ3) is 3.02. The molecular weight excluding hydrogens is 250 g/mol. The Morgan fingerprint density at radius 1 is 1.30 bits per heavy atom. The number of hydrogen-bond acceptors (Lipinski definition) is 4. The molecule has 0 radical (unpaired) electrons. The maximum Gasteiger partial charge on any atom is 0.198 e. The largest absolute Gasteiger partial charge is 0.440 e.